The number of allylic oxidation sites excluding steroid dienone is 1. The fourth-order valence-electron chi connectivity index (χ4n) is 4.06. The van der Waals surface area contributed by atoms with E-state index in [0.29, 0.717) is 19.0 Å². The van der Waals surface area contributed by atoms with Crippen molar-refractivity contribution >= 4 is 11.5 Å². The average molecular weight is 417 g/mol. The van der Waals surface area contributed by atoms with Crippen LogP contribution in [0.15, 0.2) is 54.6 Å². The smallest absolute Gasteiger partial charge is 0.172 e. The van der Waals surface area contributed by atoms with Gasteiger partial charge in [0.15, 0.2) is 5.79 Å². The van der Waals surface area contributed by atoms with Gasteiger partial charge in [-0.25, -0.2) is 0 Å². The highest BCUT2D eigenvalue weighted by atomic mass is 16.7. The van der Waals surface area contributed by atoms with Crippen LogP contribution in [0.1, 0.15) is 49.7 Å². The van der Waals surface area contributed by atoms with Crippen LogP contribution >= 0.6 is 0 Å². The van der Waals surface area contributed by atoms with Crippen LogP contribution in [0.5, 0.6) is 11.5 Å². The van der Waals surface area contributed by atoms with Crippen LogP contribution in [-0.4, -0.2) is 25.0 Å². The molecule has 1 atom stereocenters. The number of aliphatic carboxylic acids is 1. The molecular weight excluding hydrogens is 392 g/mol. The first kappa shape index (κ1) is 21.2. The molecule has 0 amide bonds. The number of ether oxygens (including phenoxy) is 3. The molecule has 1 heterocycles. The van der Waals surface area contributed by atoms with Crippen LogP contribution in [0.25, 0.3) is 5.57 Å². The molecule has 2 aromatic carbocycles. The number of carbonyl (C=O) groups excluding carboxylic acids is 1. The van der Waals surface area contributed by atoms with E-state index in [0.717, 1.165) is 30.6 Å². The fraction of sp³-hybridized carbons (Fsp3) is 0.346. The molecule has 2 aliphatic rings. The van der Waals surface area contributed by atoms with Gasteiger partial charge in [0.1, 0.15) is 11.5 Å². The van der Waals surface area contributed by atoms with Crippen molar-refractivity contribution in [1.82, 2.24) is 0 Å². The quantitative estimate of drug-likeness (QED) is 0.664. The predicted octanol–water partition coefficient (Wildman–Crippen LogP) is 4.04. The van der Waals surface area contributed by atoms with E-state index in [9.17, 15) is 9.90 Å². The third-order valence-corrected chi connectivity index (χ3v) is 5.68. The van der Waals surface area contributed by atoms with E-state index in [4.69, 9.17) is 14.2 Å². The van der Waals surface area contributed by atoms with Crippen molar-refractivity contribution in [3.05, 3.63) is 65.7 Å². The Morgan fingerprint density at radius 2 is 1.74 bits per heavy atom. The summed E-state index contributed by atoms with van der Waals surface area (Å²) in [6.45, 7) is 3.06. The maximum Gasteiger partial charge on any atom is 0.172 e. The Kier molecular flexibility index (Phi) is 6.41. The Labute approximate surface area is 182 Å². The van der Waals surface area contributed by atoms with E-state index in [1.807, 2.05) is 36.4 Å². The molecule has 1 saturated heterocycles. The summed E-state index contributed by atoms with van der Waals surface area (Å²) in [6, 6.07) is 15.4. The van der Waals surface area contributed by atoms with Gasteiger partial charge in [-0.05, 0) is 54.3 Å². The van der Waals surface area contributed by atoms with Crippen molar-refractivity contribution in [2.24, 2.45) is 0 Å². The van der Waals surface area contributed by atoms with E-state index in [1.165, 1.54) is 11.1 Å². The van der Waals surface area contributed by atoms with Crippen LogP contribution in [-0.2, 0) is 14.3 Å². The first-order chi connectivity index (χ1) is 15.1. The summed E-state index contributed by atoms with van der Waals surface area (Å²) in [5, 5.41) is 11.0. The average Bonchev–Trinajstić information content (AvgIpc) is 3.23. The predicted molar refractivity (Wildman–Crippen MR) is 115 cm³/mol. The van der Waals surface area contributed by atoms with Crippen LogP contribution in [0, 0.1) is 11.8 Å². The highest BCUT2D eigenvalue weighted by molar-refractivity contribution is 5.67. The van der Waals surface area contributed by atoms with Gasteiger partial charge in [-0.2, -0.15) is 0 Å². The Balaban J connectivity index is 1.39. The lowest BCUT2D eigenvalue weighted by atomic mass is 9.90. The molecule has 1 aliphatic carbocycles. The topological polar surface area (TPSA) is 67.8 Å². The third kappa shape index (κ3) is 5.16. The van der Waals surface area contributed by atoms with Crippen molar-refractivity contribution < 1.29 is 24.1 Å². The largest absolute Gasteiger partial charge is 0.550 e. The summed E-state index contributed by atoms with van der Waals surface area (Å²) in [5.41, 5.74) is 3.31. The third-order valence-electron chi connectivity index (χ3n) is 5.68. The van der Waals surface area contributed by atoms with Gasteiger partial charge in [-0.1, -0.05) is 36.3 Å². The Morgan fingerprint density at radius 3 is 2.29 bits per heavy atom. The van der Waals surface area contributed by atoms with E-state index in [2.05, 4.69) is 30.0 Å². The van der Waals surface area contributed by atoms with Crippen LogP contribution in [0.3, 0.4) is 0 Å². The fourth-order valence-corrected chi connectivity index (χ4v) is 4.06. The van der Waals surface area contributed by atoms with Gasteiger partial charge in [0.25, 0.3) is 0 Å². The van der Waals surface area contributed by atoms with E-state index in [1.54, 1.807) is 6.92 Å². The molecule has 1 fully saturated rings. The number of rotatable bonds is 6. The van der Waals surface area contributed by atoms with Gasteiger partial charge in [0.2, 0.25) is 0 Å². The van der Waals surface area contributed by atoms with Crippen LogP contribution < -0.4 is 9.84 Å². The normalized spacial score (nSPS) is 18.0. The van der Waals surface area contributed by atoms with Gasteiger partial charge in [-0.3, -0.25) is 0 Å². The Morgan fingerprint density at radius 1 is 1.10 bits per heavy atom. The van der Waals surface area contributed by atoms with E-state index < -0.39 is 11.8 Å². The summed E-state index contributed by atoms with van der Waals surface area (Å²) < 4.78 is 17.5. The summed E-state index contributed by atoms with van der Waals surface area (Å²) >= 11 is 0. The minimum Gasteiger partial charge on any atom is -0.550 e. The lowest BCUT2D eigenvalue weighted by Gasteiger charge is -2.30. The number of benzene rings is 2. The molecule has 2 aromatic rings. The summed E-state index contributed by atoms with van der Waals surface area (Å²) in [5.74, 6) is 5.23. The molecule has 0 saturated carbocycles. The highest BCUT2D eigenvalue weighted by Crippen LogP contribution is 2.38. The number of hydrogen-bond acceptors (Lipinski definition) is 5. The lowest BCUT2D eigenvalue weighted by Crippen LogP contribution is -2.31. The molecule has 0 bridgehead atoms. The van der Waals surface area contributed by atoms with Gasteiger partial charge in [0.05, 0.1) is 19.1 Å². The number of hydrogen-bond donors (Lipinski definition) is 0. The number of carbonyl (C=O) groups is 1. The van der Waals surface area contributed by atoms with Crippen molar-refractivity contribution in [3.8, 4) is 23.3 Å². The molecule has 1 spiro atoms. The second-order valence-electron chi connectivity index (χ2n) is 7.76. The Hall–Kier alpha value is -3.07. The van der Waals surface area contributed by atoms with Crippen molar-refractivity contribution in [3.63, 3.8) is 0 Å². The molecule has 0 aromatic heterocycles. The second kappa shape index (κ2) is 9.38. The van der Waals surface area contributed by atoms with E-state index >= 15 is 0 Å². The van der Waals surface area contributed by atoms with Crippen molar-refractivity contribution in [2.75, 3.05) is 13.2 Å². The monoisotopic (exact) mass is 417 g/mol. The zero-order chi connectivity index (χ0) is 21.7. The minimum absolute atomic E-state index is 0.127. The zero-order valence-corrected chi connectivity index (χ0v) is 17.6. The first-order valence-corrected chi connectivity index (χ1v) is 10.5. The summed E-state index contributed by atoms with van der Waals surface area (Å²) in [7, 11) is 0. The molecule has 5 heteroatoms. The van der Waals surface area contributed by atoms with Crippen molar-refractivity contribution in [1.29, 1.82) is 0 Å². The van der Waals surface area contributed by atoms with Crippen LogP contribution in [0.2, 0.25) is 0 Å². The zero-order valence-electron chi connectivity index (χ0n) is 17.6. The Bertz CT molecular complexity index is 1000. The standard InChI is InChI=1S/C26H26O5/c1-2-3-22(18-25(27)28)20-6-10-24(11-7-20)31-23-8-4-19(5-9-23)21-12-14-26(15-13-21)29-16-17-30-26/h4-12,22H,13-18H2,1H3,(H,27,28)/p-1. The first-order valence-electron chi connectivity index (χ1n) is 10.5. The lowest BCUT2D eigenvalue weighted by molar-refractivity contribution is -0.305. The molecule has 160 valence electrons. The summed E-state index contributed by atoms with van der Waals surface area (Å²) in [6.07, 6.45) is 4.68. The maximum absolute atomic E-state index is 11.0. The molecular formula is C26H25O5-. The molecule has 4 rings (SSSR count). The van der Waals surface area contributed by atoms with Crippen molar-refractivity contribution in [2.45, 2.75) is 44.3 Å². The van der Waals surface area contributed by atoms with Gasteiger partial charge < -0.3 is 24.1 Å². The van der Waals surface area contributed by atoms with Crippen LogP contribution in [0.4, 0.5) is 0 Å². The SMILES string of the molecule is CC#CC(CC(=O)[O-])c1ccc(Oc2ccc(C3=CCC4(CC3)OCCO4)cc2)cc1. The highest BCUT2D eigenvalue weighted by Gasteiger charge is 2.37. The second-order valence-corrected chi connectivity index (χ2v) is 7.76. The maximum atomic E-state index is 11.0. The molecule has 1 unspecified atom stereocenters. The number of carboxylic acid groups (broad SMARTS) is 1. The van der Waals surface area contributed by atoms with Gasteiger partial charge in [-0.15, -0.1) is 5.92 Å². The minimum atomic E-state index is -1.11. The molecule has 31 heavy (non-hydrogen) atoms. The van der Waals surface area contributed by atoms with Gasteiger partial charge >= 0.3 is 0 Å². The van der Waals surface area contributed by atoms with E-state index in [-0.39, 0.29) is 12.3 Å². The number of carboxylic acids is 1. The summed E-state index contributed by atoms with van der Waals surface area (Å²) in [4.78, 5) is 11.0. The van der Waals surface area contributed by atoms with Gasteiger partial charge in [0, 0.05) is 25.2 Å². The molecule has 0 N–H and O–H groups in total. The molecule has 5 nitrogen and oxygen atoms in total. The molecule has 1 aliphatic heterocycles. The molecule has 0 radical (unpaired) electrons.